The topological polar surface area (TPSA) is 41.1 Å². The lowest BCUT2D eigenvalue weighted by atomic mass is 10.1. The third-order valence-electron chi connectivity index (χ3n) is 2.62. The molecular weight excluding hydrogens is 257 g/mol. The van der Waals surface area contributed by atoms with Crippen LogP contribution in [-0.4, -0.2) is 25.7 Å². The highest BCUT2D eigenvalue weighted by molar-refractivity contribution is 5.93. The van der Waals surface area contributed by atoms with Gasteiger partial charge in [-0.15, -0.1) is 0 Å². The second-order valence-corrected chi connectivity index (χ2v) is 4.40. The molecule has 0 bridgehead atoms. The van der Waals surface area contributed by atoms with Gasteiger partial charge < -0.3 is 10.6 Å². The average Bonchev–Trinajstić information content (AvgIpc) is 2.30. The van der Waals surface area contributed by atoms with E-state index in [1.54, 1.807) is 20.0 Å². The van der Waals surface area contributed by atoms with Gasteiger partial charge in [-0.3, -0.25) is 4.79 Å². The molecular formula is C13H17F3N2O. The standard InChI is InChI=1S/C13H17F3N2O/c1-9(8-17-2)12(19)18-11-6-4-3-5-10(11)7-13(14,15)16/h3-6,9,17H,7-8H2,1-2H3,(H,18,19). The van der Waals surface area contributed by atoms with Crippen molar-refractivity contribution in [3.8, 4) is 0 Å². The lowest BCUT2D eigenvalue weighted by Crippen LogP contribution is -2.29. The molecule has 0 aromatic heterocycles. The number of rotatable bonds is 5. The van der Waals surface area contributed by atoms with E-state index in [0.717, 1.165) is 0 Å². The molecule has 0 saturated carbocycles. The molecule has 3 nitrogen and oxygen atoms in total. The SMILES string of the molecule is CNCC(C)C(=O)Nc1ccccc1CC(F)(F)F. The minimum absolute atomic E-state index is 0.0695. The summed E-state index contributed by atoms with van der Waals surface area (Å²) in [4.78, 5) is 11.8. The highest BCUT2D eigenvalue weighted by atomic mass is 19.4. The maximum absolute atomic E-state index is 12.4. The lowest BCUT2D eigenvalue weighted by Gasteiger charge is -2.15. The van der Waals surface area contributed by atoms with Crippen molar-refractivity contribution in [3.63, 3.8) is 0 Å². The van der Waals surface area contributed by atoms with Crippen LogP contribution in [0.15, 0.2) is 24.3 Å². The molecule has 1 amide bonds. The lowest BCUT2D eigenvalue weighted by molar-refractivity contribution is -0.127. The van der Waals surface area contributed by atoms with E-state index < -0.39 is 12.6 Å². The van der Waals surface area contributed by atoms with E-state index in [0.29, 0.717) is 6.54 Å². The zero-order chi connectivity index (χ0) is 14.5. The molecule has 2 N–H and O–H groups in total. The number of alkyl halides is 3. The van der Waals surface area contributed by atoms with Gasteiger partial charge in [0, 0.05) is 18.2 Å². The predicted octanol–water partition coefficient (Wildman–Crippen LogP) is 2.59. The molecule has 1 unspecified atom stereocenters. The van der Waals surface area contributed by atoms with Crippen molar-refractivity contribution in [2.45, 2.75) is 19.5 Å². The summed E-state index contributed by atoms with van der Waals surface area (Å²) in [6, 6.07) is 5.96. The third-order valence-corrected chi connectivity index (χ3v) is 2.62. The Kier molecular flexibility index (Phi) is 5.35. The number of carbonyl (C=O) groups excluding carboxylic acids is 1. The third kappa shape index (κ3) is 5.30. The van der Waals surface area contributed by atoms with Crippen molar-refractivity contribution in [1.29, 1.82) is 0 Å². The van der Waals surface area contributed by atoms with Crippen LogP contribution in [0.5, 0.6) is 0 Å². The van der Waals surface area contributed by atoms with E-state index in [4.69, 9.17) is 0 Å². The van der Waals surface area contributed by atoms with Gasteiger partial charge in [0.1, 0.15) is 0 Å². The molecule has 0 spiro atoms. The highest BCUT2D eigenvalue weighted by Crippen LogP contribution is 2.26. The van der Waals surface area contributed by atoms with Gasteiger partial charge >= 0.3 is 6.18 Å². The number of hydrogen-bond donors (Lipinski definition) is 2. The van der Waals surface area contributed by atoms with Crippen LogP contribution in [0.2, 0.25) is 0 Å². The number of anilines is 1. The molecule has 0 radical (unpaired) electrons. The minimum atomic E-state index is -4.29. The van der Waals surface area contributed by atoms with Crippen LogP contribution in [0, 0.1) is 5.92 Å². The van der Waals surface area contributed by atoms with Gasteiger partial charge in [0.2, 0.25) is 5.91 Å². The summed E-state index contributed by atoms with van der Waals surface area (Å²) in [5.41, 5.74) is 0.285. The van der Waals surface area contributed by atoms with Gasteiger partial charge in [-0.2, -0.15) is 13.2 Å². The van der Waals surface area contributed by atoms with E-state index in [-0.39, 0.29) is 23.1 Å². The number of para-hydroxylation sites is 1. The second-order valence-electron chi connectivity index (χ2n) is 4.40. The Balaban J connectivity index is 2.81. The molecule has 1 aromatic carbocycles. The van der Waals surface area contributed by atoms with Gasteiger partial charge in [-0.1, -0.05) is 25.1 Å². The van der Waals surface area contributed by atoms with Crippen LogP contribution < -0.4 is 10.6 Å². The summed E-state index contributed by atoms with van der Waals surface area (Å²) in [7, 11) is 1.71. The summed E-state index contributed by atoms with van der Waals surface area (Å²) in [5.74, 6) is -0.618. The van der Waals surface area contributed by atoms with Crippen LogP contribution in [-0.2, 0) is 11.2 Å². The molecule has 0 aliphatic rings. The fraction of sp³-hybridized carbons (Fsp3) is 0.462. The first kappa shape index (κ1) is 15.5. The average molecular weight is 274 g/mol. The normalized spacial score (nSPS) is 13.1. The molecule has 0 saturated heterocycles. The quantitative estimate of drug-likeness (QED) is 0.866. The van der Waals surface area contributed by atoms with Crippen LogP contribution in [0.3, 0.4) is 0 Å². The van der Waals surface area contributed by atoms with E-state index >= 15 is 0 Å². The van der Waals surface area contributed by atoms with Crippen molar-refractivity contribution in [2.24, 2.45) is 5.92 Å². The minimum Gasteiger partial charge on any atom is -0.326 e. The molecule has 0 aliphatic heterocycles. The summed E-state index contributed by atoms with van der Waals surface area (Å²) in [6.07, 6.45) is -5.35. The molecule has 19 heavy (non-hydrogen) atoms. The van der Waals surface area contributed by atoms with Crippen molar-refractivity contribution in [3.05, 3.63) is 29.8 Å². The molecule has 0 heterocycles. The van der Waals surface area contributed by atoms with Gasteiger partial charge in [-0.25, -0.2) is 0 Å². The van der Waals surface area contributed by atoms with Gasteiger partial charge in [0.05, 0.1) is 6.42 Å². The molecule has 0 aliphatic carbocycles. The van der Waals surface area contributed by atoms with E-state index in [9.17, 15) is 18.0 Å². The number of nitrogens with one attached hydrogen (secondary N) is 2. The first-order chi connectivity index (χ1) is 8.83. The van der Waals surface area contributed by atoms with Crippen LogP contribution in [0.1, 0.15) is 12.5 Å². The summed E-state index contributed by atoms with van der Waals surface area (Å²) >= 11 is 0. The van der Waals surface area contributed by atoms with Crippen molar-refractivity contribution in [2.75, 3.05) is 18.9 Å². The van der Waals surface area contributed by atoms with Crippen molar-refractivity contribution >= 4 is 11.6 Å². The number of hydrogen-bond acceptors (Lipinski definition) is 2. The maximum Gasteiger partial charge on any atom is 0.393 e. The monoisotopic (exact) mass is 274 g/mol. The zero-order valence-electron chi connectivity index (χ0n) is 10.8. The summed E-state index contributed by atoms with van der Waals surface area (Å²) < 4.78 is 37.2. The van der Waals surface area contributed by atoms with Crippen LogP contribution in [0.4, 0.5) is 18.9 Å². The summed E-state index contributed by atoms with van der Waals surface area (Å²) in [5, 5.41) is 5.38. The number of benzene rings is 1. The predicted molar refractivity (Wildman–Crippen MR) is 67.9 cm³/mol. The van der Waals surface area contributed by atoms with E-state index in [1.807, 2.05) is 0 Å². The maximum atomic E-state index is 12.4. The number of amides is 1. The van der Waals surface area contributed by atoms with E-state index in [2.05, 4.69) is 10.6 Å². The molecule has 6 heteroatoms. The largest absolute Gasteiger partial charge is 0.393 e. The first-order valence-electron chi connectivity index (χ1n) is 5.93. The Morgan fingerprint density at radius 3 is 2.53 bits per heavy atom. The fourth-order valence-corrected chi connectivity index (χ4v) is 1.67. The summed E-state index contributed by atoms with van der Waals surface area (Å²) in [6.45, 7) is 2.17. The van der Waals surface area contributed by atoms with Gasteiger partial charge in [-0.05, 0) is 18.7 Å². The zero-order valence-corrected chi connectivity index (χ0v) is 10.8. The van der Waals surface area contributed by atoms with Crippen molar-refractivity contribution < 1.29 is 18.0 Å². The Labute approximate surface area is 110 Å². The van der Waals surface area contributed by atoms with E-state index in [1.165, 1.54) is 18.2 Å². The Morgan fingerprint density at radius 1 is 1.32 bits per heavy atom. The first-order valence-corrected chi connectivity index (χ1v) is 5.93. The smallest absolute Gasteiger partial charge is 0.326 e. The number of halogens is 3. The highest BCUT2D eigenvalue weighted by Gasteiger charge is 2.29. The number of carbonyl (C=O) groups is 1. The molecule has 1 rings (SSSR count). The van der Waals surface area contributed by atoms with Crippen LogP contribution in [0.25, 0.3) is 0 Å². The van der Waals surface area contributed by atoms with Crippen molar-refractivity contribution in [1.82, 2.24) is 5.32 Å². The molecule has 0 fully saturated rings. The van der Waals surface area contributed by atoms with Crippen LogP contribution >= 0.6 is 0 Å². The second kappa shape index (κ2) is 6.56. The molecule has 1 aromatic rings. The van der Waals surface area contributed by atoms with Gasteiger partial charge in [0.25, 0.3) is 0 Å². The fourth-order valence-electron chi connectivity index (χ4n) is 1.67. The Bertz CT molecular complexity index is 432. The molecule has 106 valence electrons. The Hall–Kier alpha value is -1.56. The Morgan fingerprint density at radius 2 is 1.95 bits per heavy atom. The molecule has 1 atom stereocenters. The van der Waals surface area contributed by atoms with Gasteiger partial charge in [0.15, 0.2) is 0 Å².